The first-order chi connectivity index (χ1) is 18.1. The van der Waals surface area contributed by atoms with Gasteiger partial charge in [-0.3, -0.25) is 18.7 Å². The number of amides is 1. The van der Waals surface area contributed by atoms with Crippen molar-refractivity contribution in [2.24, 2.45) is 19.8 Å². The standard InChI is InChI=1S/C28H28ClN5O4/c1-15-17(8-6-9-18(15)24-22(25(30)35)27(36)34(4)28(37)33(24)3)19-10-7-11-20(23(19)29)21-13-12-16(14-31-2)26(32-21)38-5/h6-13,31H,14H2,1-5H3,(H2,30,35). The predicted molar refractivity (Wildman–Crippen MR) is 149 cm³/mol. The number of nitrogens with two attached hydrogens (primary N) is 1. The van der Waals surface area contributed by atoms with E-state index in [9.17, 15) is 14.4 Å². The molecule has 2 heterocycles. The Labute approximate surface area is 224 Å². The quantitative estimate of drug-likeness (QED) is 0.376. The highest BCUT2D eigenvalue weighted by Crippen LogP contribution is 2.40. The molecule has 0 spiro atoms. The van der Waals surface area contributed by atoms with E-state index in [0.29, 0.717) is 39.8 Å². The summed E-state index contributed by atoms with van der Waals surface area (Å²) in [5.41, 5.74) is 9.16. The summed E-state index contributed by atoms with van der Waals surface area (Å²) in [5, 5.41) is 3.56. The number of rotatable bonds is 7. The zero-order valence-electron chi connectivity index (χ0n) is 21.8. The van der Waals surface area contributed by atoms with E-state index in [2.05, 4.69) is 10.3 Å². The summed E-state index contributed by atoms with van der Waals surface area (Å²) in [6.45, 7) is 2.45. The predicted octanol–water partition coefficient (Wildman–Crippen LogP) is 3.27. The van der Waals surface area contributed by atoms with Crippen LogP contribution in [0.3, 0.4) is 0 Å². The Balaban J connectivity index is 1.93. The number of hydrogen-bond acceptors (Lipinski definition) is 6. The normalized spacial score (nSPS) is 11.0. The van der Waals surface area contributed by atoms with Crippen LogP contribution in [0.5, 0.6) is 5.88 Å². The van der Waals surface area contributed by atoms with E-state index < -0.39 is 17.2 Å². The van der Waals surface area contributed by atoms with Crippen molar-refractivity contribution in [2.45, 2.75) is 13.5 Å². The van der Waals surface area contributed by atoms with E-state index in [4.69, 9.17) is 22.1 Å². The minimum Gasteiger partial charge on any atom is -0.481 e. The van der Waals surface area contributed by atoms with Gasteiger partial charge in [-0.15, -0.1) is 0 Å². The molecule has 4 aromatic rings. The van der Waals surface area contributed by atoms with Crippen LogP contribution in [0.1, 0.15) is 21.5 Å². The molecule has 0 aliphatic heterocycles. The van der Waals surface area contributed by atoms with Gasteiger partial charge in [0.2, 0.25) is 5.88 Å². The zero-order valence-corrected chi connectivity index (χ0v) is 22.5. The van der Waals surface area contributed by atoms with Crippen LogP contribution in [-0.2, 0) is 20.6 Å². The summed E-state index contributed by atoms with van der Waals surface area (Å²) in [5.74, 6) is -0.412. The van der Waals surface area contributed by atoms with E-state index >= 15 is 0 Å². The zero-order chi connectivity index (χ0) is 27.7. The average Bonchev–Trinajstić information content (AvgIpc) is 2.90. The van der Waals surface area contributed by atoms with Gasteiger partial charge in [0.15, 0.2) is 0 Å². The van der Waals surface area contributed by atoms with Gasteiger partial charge in [-0.25, -0.2) is 9.78 Å². The van der Waals surface area contributed by atoms with E-state index in [-0.39, 0.29) is 11.3 Å². The van der Waals surface area contributed by atoms with Gasteiger partial charge >= 0.3 is 5.69 Å². The fourth-order valence-corrected chi connectivity index (χ4v) is 4.95. The molecule has 0 bridgehead atoms. The average molecular weight is 534 g/mol. The van der Waals surface area contributed by atoms with Crippen LogP contribution < -0.4 is 27.0 Å². The number of methoxy groups -OCH3 is 1. The number of pyridine rings is 1. The Morgan fingerprint density at radius 2 is 1.63 bits per heavy atom. The molecule has 0 fully saturated rings. The number of primary amides is 1. The van der Waals surface area contributed by atoms with E-state index in [0.717, 1.165) is 21.3 Å². The maximum absolute atomic E-state index is 12.8. The Morgan fingerprint density at radius 3 is 2.26 bits per heavy atom. The molecule has 4 rings (SSSR count). The lowest BCUT2D eigenvalue weighted by molar-refractivity contribution is 0.0998. The highest BCUT2D eigenvalue weighted by atomic mass is 35.5. The lowest BCUT2D eigenvalue weighted by atomic mass is 9.92. The fourth-order valence-electron chi connectivity index (χ4n) is 4.62. The number of carbonyl (C=O) groups is 1. The third-order valence-electron chi connectivity index (χ3n) is 6.56. The fraction of sp³-hybridized carbons (Fsp3) is 0.214. The van der Waals surface area contributed by atoms with Gasteiger partial charge < -0.3 is 15.8 Å². The van der Waals surface area contributed by atoms with Gasteiger partial charge in [-0.2, -0.15) is 0 Å². The molecule has 38 heavy (non-hydrogen) atoms. The third kappa shape index (κ3) is 4.51. The van der Waals surface area contributed by atoms with Gasteiger partial charge in [0.25, 0.3) is 11.5 Å². The lowest BCUT2D eigenvalue weighted by Crippen LogP contribution is -2.42. The molecule has 0 atom stereocenters. The molecule has 2 aromatic heterocycles. The first-order valence-corrected chi connectivity index (χ1v) is 12.2. The molecule has 0 aliphatic rings. The van der Waals surface area contributed by atoms with Crippen LogP contribution in [0.25, 0.3) is 33.6 Å². The van der Waals surface area contributed by atoms with Crippen LogP contribution in [0.2, 0.25) is 5.02 Å². The number of nitrogens with zero attached hydrogens (tertiary/aromatic N) is 3. The Morgan fingerprint density at radius 1 is 1.00 bits per heavy atom. The molecule has 0 saturated heterocycles. The summed E-state index contributed by atoms with van der Waals surface area (Å²) in [6, 6.07) is 14.9. The van der Waals surface area contributed by atoms with E-state index in [1.165, 1.54) is 18.7 Å². The number of benzene rings is 2. The molecule has 0 unspecified atom stereocenters. The first-order valence-electron chi connectivity index (χ1n) is 11.8. The van der Waals surface area contributed by atoms with E-state index in [1.807, 2.05) is 50.4 Å². The lowest BCUT2D eigenvalue weighted by Gasteiger charge is -2.18. The molecule has 9 nitrogen and oxygen atoms in total. The van der Waals surface area contributed by atoms with Crippen molar-refractivity contribution in [3.05, 3.63) is 91.1 Å². The van der Waals surface area contributed by atoms with Crippen molar-refractivity contribution in [1.82, 2.24) is 19.4 Å². The monoisotopic (exact) mass is 533 g/mol. The number of carbonyl (C=O) groups excluding carboxylic acids is 1. The molecule has 2 aromatic carbocycles. The summed E-state index contributed by atoms with van der Waals surface area (Å²) in [6.07, 6.45) is 0. The highest BCUT2D eigenvalue weighted by molar-refractivity contribution is 6.36. The van der Waals surface area contributed by atoms with Crippen molar-refractivity contribution in [2.75, 3.05) is 14.2 Å². The van der Waals surface area contributed by atoms with Crippen LogP contribution in [0.15, 0.2) is 58.1 Å². The van der Waals surface area contributed by atoms with E-state index in [1.54, 1.807) is 19.2 Å². The highest BCUT2D eigenvalue weighted by Gasteiger charge is 2.24. The van der Waals surface area contributed by atoms with Crippen molar-refractivity contribution in [3.8, 4) is 39.5 Å². The summed E-state index contributed by atoms with van der Waals surface area (Å²) >= 11 is 6.95. The Bertz CT molecular complexity index is 1690. The van der Waals surface area contributed by atoms with Crippen LogP contribution in [0, 0.1) is 6.92 Å². The number of ether oxygens (including phenoxy) is 1. The number of nitrogens with one attached hydrogen (secondary N) is 1. The first kappa shape index (κ1) is 26.8. The van der Waals surface area contributed by atoms with Crippen LogP contribution in [-0.4, -0.2) is 34.2 Å². The summed E-state index contributed by atoms with van der Waals surface area (Å²) in [4.78, 5) is 42.5. The summed E-state index contributed by atoms with van der Waals surface area (Å²) < 4.78 is 7.61. The second-order valence-corrected chi connectivity index (χ2v) is 9.21. The van der Waals surface area contributed by atoms with Crippen LogP contribution >= 0.6 is 11.6 Å². The van der Waals surface area contributed by atoms with Crippen molar-refractivity contribution < 1.29 is 9.53 Å². The second kappa shape index (κ2) is 10.6. The molecular formula is C28H28ClN5O4. The van der Waals surface area contributed by atoms with Crippen molar-refractivity contribution in [1.29, 1.82) is 0 Å². The molecule has 0 radical (unpaired) electrons. The minimum atomic E-state index is -0.914. The number of hydrogen-bond donors (Lipinski definition) is 2. The van der Waals surface area contributed by atoms with Gasteiger partial charge in [0.05, 0.1) is 23.5 Å². The second-order valence-electron chi connectivity index (χ2n) is 8.83. The largest absolute Gasteiger partial charge is 0.481 e. The summed E-state index contributed by atoms with van der Waals surface area (Å²) in [7, 11) is 6.23. The van der Waals surface area contributed by atoms with Crippen LogP contribution in [0.4, 0.5) is 0 Å². The Kier molecular flexibility index (Phi) is 7.52. The van der Waals surface area contributed by atoms with Gasteiger partial charge in [0.1, 0.15) is 5.56 Å². The molecule has 0 saturated carbocycles. The topological polar surface area (TPSA) is 121 Å². The maximum Gasteiger partial charge on any atom is 0.330 e. The number of aromatic nitrogens is 3. The molecule has 10 heteroatoms. The maximum atomic E-state index is 12.8. The van der Waals surface area contributed by atoms with Crippen molar-refractivity contribution >= 4 is 17.5 Å². The smallest absolute Gasteiger partial charge is 0.330 e. The molecule has 3 N–H and O–H groups in total. The molecule has 1 amide bonds. The van der Waals surface area contributed by atoms with Gasteiger partial charge in [-0.1, -0.05) is 54.1 Å². The Hall–Kier alpha value is -4.21. The molecule has 0 aliphatic carbocycles. The van der Waals surface area contributed by atoms with Gasteiger partial charge in [-0.05, 0) is 31.2 Å². The number of halogens is 1. The molecular weight excluding hydrogens is 506 g/mol. The SMILES string of the molecule is CNCc1ccc(-c2cccc(-c3cccc(-c4c(C(N)=O)c(=O)n(C)c(=O)n4C)c3C)c2Cl)nc1OC. The van der Waals surface area contributed by atoms with Crippen molar-refractivity contribution in [3.63, 3.8) is 0 Å². The van der Waals surface area contributed by atoms with Gasteiger partial charge in [0, 0.05) is 42.9 Å². The third-order valence-corrected chi connectivity index (χ3v) is 6.97. The molecule has 196 valence electrons. The minimum absolute atomic E-state index is 0.156.